The molecule has 2 aromatic carbocycles. The summed E-state index contributed by atoms with van der Waals surface area (Å²) in [4.78, 5) is 25.3. The van der Waals surface area contributed by atoms with E-state index < -0.39 is 27.9 Å². The van der Waals surface area contributed by atoms with Crippen molar-refractivity contribution in [3.05, 3.63) is 58.7 Å². The van der Waals surface area contributed by atoms with E-state index in [1.165, 1.54) is 0 Å². The summed E-state index contributed by atoms with van der Waals surface area (Å²) < 4.78 is 31.5. The van der Waals surface area contributed by atoms with Crippen molar-refractivity contribution in [2.24, 2.45) is 0 Å². The van der Waals surface area contributed by atoms with Crippen molar-refractivity contribution < 1.29 is 22.7 Å². The van der Waals surface area contributed by atoms with Gasteiger partial charge in [-0.2, -0.15) is 0 Å². The summed E-state index contributed by atoms with van der Waals surface area (Å²) in [6, 6.07) is 9.35. The first kappa shape index (κ1) is 24.4. The zero-order valence-electron chi connectivity index (χ0n) is 18.9. The van der Waals surface area contributed by atoms with E-state index in [0.29, 0.717) is 16.9 Å². The van der Waals surface area contributed by atoms with Gasteiger partial charge in [0, 0.05) is 5.69 Å². The van der Waals surface area contributed by atoms with Gasteiger partial charge in [0.25, 0.3) is 0 Å². The predicted molar refractivity (Wildman–Crippen MR) is 123 cm³/mol. The highest BCUT2D eigenvalue weighted by Crippen LogP contribution is 2.26. The van der Waals surface area contributed by atoms with E-state index in [9.17, 15) is 18.0 Å². The molecule has 1 unspecified atom stereocenters. The number of ether oxygens (including phenoxy) is 1. The minimum atomic E-state index is -3.74. The number of carbonyl (C=O) groups excluding carboxylic acids is 2. The van der Waals surface area contributed by atoms with Crippen LogP contribution in [0.15, 0.2) is 36.4 Å². The Kier molecular flexibility index (Phi) is 7.84. The average molecular weight is 447 g/mol. The zero-order chi connectivity index (χ0) is 23.3. The number of hydrogen-bond acceptors (Lipinski definition) is 5. The van der Waals surface area contributed by atoms with Crippen molar-refractivity contribution in [2.75, 3.05) is 22.5 Å². The van der Waals surface area contributed by atoms with Gasteiger partial charge in [-0.05, 0) is 75.1 Å². The monoisotopic (exact) mass is 446 g/mol. The Morgan fingerprint density at radius 1 is 1.03 bits per heavy atom. The summed E-state index contributed by atoms with van der Waals surface area (Å²) in [5, 5.41) is 2.80. The van der Waals surface area contributed by atoms with Gasteiger partial charge in [0.05, 0.1) is 24.1 Å². The number of sulfonamides is 1. The number of aryl methyl sites for hydroxylation is 3. The van der Waals surface area contributed by atoms with E-state index in [1.54, 1.807) is 51.1 Å². The zero-order valence-corrected chi connectivity index (χ0v) is 19.7. The maximum Gasteiger partial charge on any atom is 0.338 e. The summed E-state index contributed by atoms with van der Waals surface area (Å²) >= 11 is 0. The smallest absolute Gasteiger partial charge is 0.338 e. The van der Waals surface area contributed by atoms with Gasteiger partial charge in [0.2, 0.25) is 15.9 Å². The fourth-order valence-electron chi connectivity index (χ4n) is 3.45. The topological polar surface area (TPSA) is 92.8 Å². The number of nitrogens with zero attached hydrogens (tertiary/aromatic N) is 1. The van der Waals surface area contributed by atoms with E-state index in [2.05, 4.69) is 5.32 Å². The van der Waals surface area contributed by atoms with Crippen molar-refractivity contribution in [1.82, 2.24) is 0 Å². The number of hydrogen-bond donors (Lipinski definition) is 1. The van der Waals surface area contributed by atoms with E-state index in [4.69, 9.17) is 4.74 Å². The molecule has 8 heteroatoms. The molecule has 2 aromatic rings. The SMILES string of the molecule is CCOC(=O)c1ccc(C)c(NC(=O)C(CC)N(c2cc(C)cc(C)c2)S(C)(=O)=O)c1. The van der Waals surface area contributed by atoms with Crippen LogP contribution in [0, 0.1) is 20.8 Å². The summed E-state index contributed by atoms with van der Waals surface area (Å²) in [7, 11) is -3.74. The molecule has 0 saturated carbocycles. The van der Waals surface area contributed by atoms with Crippen LogP contribution >= 0.6 is 0 Å². The minimum absolute atomic E-state index is 0.242. The van der Waals surface area contributed by atoms with E-state index in [1.807, 2.05) is 19.9 Å². The number of carbonyl (C=O) groups is 2. The lowest BCUT2D eigenvalue weighted by molar-refractivity contribution is -0.117. The number of esters is 1. The molecule has 1 atom stereocenters. The molecule has 0 aliphatic rings. The molecular formula is C23H30N2O5S. The van der Waals surface area contributed by atoms with Crippen molar-refractivity contribution >= 4 is 33.3 Å². The lowest BCUT2D eigenvalue weighted by Crippen LogP contribution is -2.47. The molecule has 0 spiro atoms. The van der Waals surface area contributed by atoms with E-state index >= 15 is 0 Å². The summed E-state index contributed by atoms with van der Waals surface area (Å²) in [5.74, 6) is -0.964. The molecule has 31 heavy (non-hydrogen) atoms. The standard InChI is InChI=1S/C23H30N2O5S/c1-7-21(25(31(6,28)29)19-12-15(3)11-16(4)13-19)22(26)24-20-14-18(10-9-17(20)5)23(27)30-8-2/h9-14,21H,7-8H2,1-6H3,(H,24,26). The van der Waals surface area contributed by atoms with Crippen LogP contribution in [0.3, 0.4) is 0 Å². The number of amides is 1. The number of rotatable bonds is 8. The van der Waals surface area contributed by atoms with Gasteiger partial charge < -0.3 is 10.1 Å². The first-order valence-electron chi connectivity index (χ1n) is 10.1. The Bertz CT molecular complexity index is 1060. The molecular weight excluding hydrogens is 416 g/mol. The first-order valence-corrected chi connectivity index (χ1v) is 12.0. The van der Waals surface area contributed by atoms with E-state index in [-0.39, 0.29) is 13.0 Å². The van der Waals surface area contributed by atoms with Crippen molar-refractivity contribution in [1.29, 1.82) is 0 Å². The third-order valence-electron chi connectivity index (χ3n) is 4.80. The quantitative estimate of drug-likeness (QED) is 0.620. The van der Waals surface area contributed by atoms with Crippen LogP contribution in [-0.4, -0.2) is 39.2 Å². The van der Waals surface area contributed by atoms with Crippen molar-refractivity contribution in [3.63, 3.8) is 0 Å². The highest BCUT2D eigenvalue weighted by atomic mass is 32.2. The third kappa shape index (κ3) is 6.07. The van der Waals surface area contributed by atoms with Crippen LogP contribution in [0.2, 0.25) is 0 Å². The van der Waals surface area contributed by atoms with Crippen LogP contribution in [0.25, 0.3) is 0 Å². The van der Waals surface area contributed by atoms with Crippen LogP contribution in [0.1, 0.15) is 47.3 Å². The summed E-state index contributed by atoms with van der Waals surface area (Å²) in [6.07, 6.45) is 1.36. The van der Waals surface area contributed by atoms with Gasteiger partial charge in [0.15, 0.2) is 0 Å². The van der Waals surface area contributed by atoms with Crippen molar-refractivity contribution in [3.8, 4) is 0 Å². The van der Waals surface area contributed by atoms with Crippen LogP contribution in [0.5, 0.6) is 0 Å². The average Bonchev–Trinajstić information content (AvgIpc) is 2.65. The molecule has 0 heterocycles. The molecule has 0 aromatic heterocycles. The number of benzene rings is 2. The maximum atomic E-state index is 13.2. The second kappa shape index (κ2) is 9.96. The molecule has 2 rings (SSSR count). The van der Waals surface area contributed by atoms with Crippen LogP contribution in [0.4, 0.5) is 11.4 Å². The van der Waals surface area contributed by atoms with Gasteiger partial charge >= 0.3 is 5.97 Å². The van der Waals surface area contributed by atoms with Crippen LogP contribution < -0.4 is 9.62 Å². The molecule has 0 fully saturated rings. The normalized spacial score (nSPS) is 12.2. The molecule has 0 bridgehead atoms. The second-order valence-electron chi connectivity index (χ2n) is 7.57. The molecule has 0 aliphatic carbocycles. The Morgan fingerprint density at radius 3 is 2.16 bits per heavy atom. The van der Waals surface area contributed by atoms with Gasteiger partial charge in [-0.15, -0.1) is 0 Å². The Balaban J connectivity index is 2.43. The first-order chi connectivity index (χ1) is 14.5. The highest BCUT2D eigenvalue weighted by molar-refractivity contribution is 7.92. The maximum absolute atomic E-state index is 13.2. The van der Waals surface area contributed by atoms with Gasteiger partial charge in [-0.25, -0.2) is 13.2 Å². The molecule has 0 aliphatic heterocycles. The van der Waals surface area contributed by atoms with Gasteiger partial charge in [0.1, 0.15) is 6.04 Å². The lowest BCUT2D eigenvalue weighted by Gasteiger charge is -2.30. The second-order valence-corrected chi connectivity index (χ2v) is 9.43. The molecule has 1 N–H and O–H groups in total. The highest BCUT2D eigenvalue weighted by Gasteiger charge is 2.32. The molecule has 0 saturated heterocycles. The fourth-order valence-corrected chi connectivity index (χ4v) is 4.65. The Morgan fingerprint density at radius 2 is 1.65 bits per heavy atom. The summed E-state index contributed by atoms with van der Waals surface area (Å²) in [6.45, 7) is 9.26. The third-order valence-corrected chi connectivity index (χ3v) is 5.98. The largest absolute Gasteiger partial charge is 0.462 e. The summed E-state index contributed by atoms with van der Waals surface area (Å²) in [5.41, 5.74) is 3.73. The molecule has 7 nitrogen and oxygen atoms in total. The molecule has 168 valence electrons. The Labute approximate surface area is 184 Å². The van der Waals surface area contributed by atoms with E-state index in [0.717, 1.165) is 27.3 Å². The molecule has 1 amide bonds. The predicted octanol–water partition coefficient (Wildman–Crippen LogP) is 3.97. The Hall–Kier alpha value is -2.87. The lowest BCUT2D eigenvalue weighted by atomic mass is 10.1. The minimum Gasteiger partial charge on any atom is -0.462 e. The fraction of sp³-hybridized carbons (Fsp3) is 0.391. The number of anilines is 2. The van der Waals surface area contributed by atoms with Crippen molar-refractivity contribution in [2.45, 2.75) is 47.1 Å². The molecule has 0 radical (unpaired) electrons. The van der Waals surface area contributed by atoms with Crippen LogP contribution in [-0.2, 0) is 19.6 Å². The number of nitrogens with one attached hydrogen (secondary N) is 1. The van der Waals surface area contributed by atoms with Gasteiger partial charge in [-0.1, -0.05) is 19.1 Å². The van der Waals surface area contributed by atoms with Gasteiger partial charge in [-0.3, -0.25) is 9.10 Å².